The number of pyridine rings is 1. The highest BCUT2D eigenvalue weighted by Gasteiger charge is 2.20. The van der Waals surface area contributed by atoms with Gasteiger partial charge in [-0.25, -0.2) is 9.37 Å². The lowest BCUT2D eigenvalue weighted by Gasteiger charge is -2.23. The molecule has 3 nitrogen and oxygen atoms in total. The van der Waals surface area contributed by atoms with E-state index in [1.807, 2.05) is 36.1 Å². The first kappa shape index (κ1) is 14.0. The maximum absolute atomic E-state index is 14.0. The molecule has 0 amide bonds. The number of aromatic nitrogens is 1. The number of rotatable bonds is 6. The Balaban J connectivity index is 1.82. The third-order valence-electron chi connectivity index (χ3n) is 3.68. The molecule has 1 heterocycles. The van der Waals surface area contributed by atoms with E-state index in [1.54, 1.807) is 12.1 Å². The van der Waals surface area contributed by atoms with E-state index < -0.39 is 0 Å². The van der Waals surface area contributed by atoms with Gasteiger partial charge < -0.3 is 10.2 Å². The van der Waals surface area contributed by atoms with E-state index >= 15 is 0 Å². The fourth-order valence-corrected chi connectivity index (χ4v) is 2.38. The molecular weight excluding hydrogens is 265 g/mol. The fourth-order valence-electron chi connectivity index (χ4n) is 2.38. The van der Waals surface area contributed by atoms with Crippen LogP contribution in [-0.4, -0.2) is 17.6 Å². The quantitative estimate of drug-likeness (QED) is 0.878. The molecule has 21 heavy (non-hydrogen) atoms. The summed E-state index contributed by atoms with van der Waals surface area (Å²) >= 11 is 0. The van der Waals surface area contributed by atoms with E-state index in [4.69, 9.17) is 0 Å². The van der Waals surface area contributed by atoms with E-state index in [0.29, 0.717) is 18.3 Å². The maximum atomic E-state index is 14.0. The topological polar surface area (TPSA) is 28.2 Å². The summed E-state index contributed by atoms with van der Waals surface area (Å²) in [5.41, 5.74) is 1.56. The van der Waals surface area contributed by atoms with Crippen molar-refractivity contribution >= 4 is 11.5 Å². The van der Waals surface area contributed by atoms with Gasteiger partial charge in [0, 0.05) is 19.1 Å². The van der Waals surface area contributed by atoms with Gasteiger partial charge in [-0.2, -0.15) is 0 Å². The lowest BCUT2D eigenvalue weighted by atomic mass is 10.2. The Bertz CT molecular complexity index is 610. The van der Waals surface area contributed by atoms with Crippen molar-refractivity contribution in [2.75, 3.05) is 11.4 Å². The molecule has 0 saturated heterocycles. The third-order valence-corrected chi connectivity index (χ3v) is 3.68. The summed E-state index contributed by atoms with van der Waals surface area (Å²) in [6.07, 6.45) is 2.52. The van der Waals surface area contributed by atoms with Crippen molar-refractivity contribution in [2.24, 2.45) is 0 Å². The number of hydrogen-bond acceptors (Lipinski definition) is 3. The van der Waals surface area contributed by atoms with Crippen LogP contribution < -0.4 is 10.2 Å². The summed E-state index contributed by atoms with van der Waals surface area (Å²) in [5.74, 6) is 0.570. The summed E-state index contributed by atoms with van der Waals surface area (Å²) < 4.78 is 14.0. The first-order valence-electron chi connectivity index (χ1n) is 7.49. The monoisotopic (exact) mass is 285 g/mol. The van der Waals surface area contributed by atoms with Gasteiger partial charge in [0.2, 0.25) is 0 Å². The fraction of sp³-hybridized carbons (Fsp3) is 0.353. The molecule has 1 aliphatic rings. The summed E-state index contributed by atoms with van der Waals surface area (Å²) in [6, 6.07) is 13.4. The van der Waals surface area contributed by atoms with Gasteiger partial charge in [-0.1, -0.05) is 18.2 Å². The molecule has 1 aliphatic carbocycles. The van der Waals surface area contributed by atoms with Crippen molar-refractivity contribution < 1.29 is 4.39 Å². The van der Waals surface area contributed by atoms with Crippen LogP contribution in [0.25, 0.3) is 0 Å². The molecular formula is C17H20FN3. The van der Waals surface area contributed by atoms with Crippen LogP contribution in [0.2, 0.25) is 0 Å². The first-order valence-corrected chi connectivity index (χ1v) is 7.49. The van der Waals surface area contributed by atoms with Crippen molar-refractivity contribution in [3.05, 3.63) is 54.0 Å². The van der Waals surface area contributed by atoms with Crippen LogP contribution in [-0.2, 0) is 6.54 Å². The molecule has 1 aromatic carbocycles. The lowest BCUT2D eigenvalue weighted by Crippen LogP contribution is -2.20. The maximum Gasteiger partial charge on any atom is 0.146 e. The minimum absolute atomic E-state index is 0.220. The van der Waals surface area contributed by atoms with Gasteiger partial charge in [-0.3, -0.25) is 0 Å². The Kier molecular flexibility index (Phi) is 4.15. The van der Waals surface area contributed by atoms with E-state index in [-0.39, 0.29) is 5.82 Å². The number of hydrogen-bond donors (Lipinski definition) is 1. The molecule has 4 heteroatoms. The average Bonchev–Trinajstić information content (AvgIpc) is 3.33. The van der Waals surface area contributed by atoms with Crippen molar-refractivity contribution in [3.63, 3.8) is 0 Å². The highest BCUT2D eigenvalue weighted by Crippen LogP contribution is 2.26. The van der Waals surface area contributed by atoms with Crippen LogP contribution in [0.15, 0.2) is 42.5 Å². The highest BCUT2D eigenvalue weighted by atomic mass is 19.1. The molecule has 0 spiro atoms. The van der Waals surface area contributed by atoms with Crippen LogP contribution in [0.5, 0.6) is 0 Å². The van der Waals surface area contributed by atoms with E-state index in [1.165, 1.54) is 18.9 Å². The highest BCUT2D eigenvalue weighted by molar-refractivity contribution is 5.60. The number of benzene rings is 1. The third kappa shape index (κ3) is 3.39. The van der Waals surface area contributed by atoms with Crippen molar-refractivity contribution in [3.8, 4) is 0 Å². The average molecular weight is 285 g/mol. The van der Waals surface area contributed by atoms with Crippen LogP contribution in [0.3, 0.4) is 0 Å². The second-order valence-corrected chi connectivity index (χ2v) is 5.34. The molecule has 2 aromatic rings. The van der Waals surface area contributed by atoms with Gasteiger partial charge in [-0.05, 0) is 44.0 Å². The first-order chi connectivity index (χ1) is 10.3. The van der Waals surface area contributed by atoms with Gasteiger partial charge in [0.15, 0.2) is 0 Å². The summed E-state index contributed by atoms with van der Waals surface area (Å²) in [5, 5.41) is 3.45. The van der Waals surface area contributed by atoms with E-state index in [0.717, 1.165) is 18.1 Å². The number of nitrogens with zero attached hydrogens (tertiary/aromatic N) is 2. The van der Waals surface area contributed by atoms with Gasteiger partial charge in [0.05, 0.1) is 11.4 Å². The van der Waals surface area contributed by atoms with Gasteiger partial charge in [0.1, 0.15) is 11.6 Å². The van der Waals surface area contributed by atoms with Gasteiger partial charge >= 0.3 is 0 Å². The van der Waals surface area contributed by atoms with Crippen molar-refractivity contribution in [1.82, 2.24) is 10.3 Å². The predicted octanol–water partition coefficient (Wildman–Crippen LogP) is 3.63. The van der Waals surface area contributed by atoms with Crippen molar-refractivity contribution in [2.45, 2.75) is 32.4 Å². The SMILES string of the molecule is CCN(c1cccc(CNC2CC2)n1)c1ccccc1F. The lowest BCUT2D eigenvalue weighted by molar-refractivity contribution is 0.625. The smallest absolute Gasteiger partial charge is 0.146 e. The molecule has 0 radical (unpaired) electrons. The summed E-state index contributed by atoms with van der Waals surface area (Å²) in [7, 11) is 0. The molecule has 0 bridgehead atoms. The normalized spacial score (nSPS) is 14.2. The molecule has 0 aliphatic heterocycles. The summed E-state index contributed by atoms with van der Waals surface area (Å²) in [6.45, 7) is 3.45. The molecule has 1 aromatic heterocycles. The Hall–Kier alpha value is -1.94. The minimum atomic E-state index is -0.220. The van der Waals surface area contributed by atoms with E-state index in [9.17, 15) is 4.39 Å². The van der Waals surface area contributed by atoms with Crippen LogP contribution in [0, 0.1) is 5.82 Å². The second kappa shape index (κ2) is 6.22. The Morgan fingerprint density at radius 1 is 1.19 bits per heavy atom. The van der Waals surface area contributed by atoms with Gasteiger partial charge in [0.25, 0.3) is 0 Å². The molecule has 0 unspecified atom stereocenters. The van der Waals surface area contributed by atoms with Crippen LogP contribution in [0.4, 0.5) is 15.9 Å². The minimum Gasteiger partial charge on any atom is -0.324 e. The van der Waals surface area contributed by atoms with Crippen LogP contribution >= 0.6 is 0 Å². The number of halogens is 1. The summed E-state index contributed by atoms with van der Waals surface area (Å²) in [4.78, 5) is 6.56. The zero-order chi connectivity index (χ0) is 14.7. The molecule has 3 rings (SSSR count). The number of nitrogens with one attached hydrogen (secondary N) is 1. The number of para-hydroxylation sites is 1. The largest absolute Gasteiger partial charge is 0.324 e. The Morgan fingerprint density at radius 2 is 2.00 bits per heavy atom. The Morgan fingerprint density at radius 3 is 2.71 bits per heavy atom. The molecule has 1 N–H and O–H groups in total. The molecule has 1 saturated carbocycles. The Labute approximate surface area is 124 Å². The van der Waals surface area contributed by atoms with Crippen LogP contribution in [0.1, 0.15) is 25.5 Å². The second-order valence-electron chi connectivity index (χ2n) is 5.34. The predicted molar refractivity (Wildman–Crippen MR) is 83.2 cm³/mol. The van der Waals surface area contributed by atoms with E-state index in [2.05, 4.69) is 10.3 Å². The zero-order valence-electron chi connectivity index (χ0n) is 12.2. The van der Waals surface area contributed by atoms with Crippen molar-refractivity contribution in [1.29, 1.82) is 0 Å². The van der Waals surface area contributed by atoms with Gasteiger partial charge in [-0.15, -0.1) is 0 Å². The zero-order valence-corrected chi connectivity index (χ0v) is 12.2. The standard InChI is InChI=1S/C17H20FN3/c1-2-21(16-8-4-3-7-15(16)18)17-9-5-6-14(20-17)12-19-13-10-11-13/h3-9,13,19H,2,10-12H2,1H3. The molecule has 110 valence electrons. The molecule has 0 atom stereocenters. The molecule has 1 fully saturated rings. The number of anilines is 2.